The lowest BCUT2D eigenvalue weighted by molar-refractivity contribution is 0.0931. The van der Waals surface area contributed by atoms with E-state index in [2.05, 4.69) is 15.5 Å². The van der Waals surface area contributed by atoms with Crippen LogP contribution < -0.4 is 10.1 Å². The van der Waals surface area contributed by atoms with Gasteiger partial charge in [-0.15, -0.1) is 0 Å². The van der Waals surface area contributed by atoms with Crippen LogP contribution in [0.2, 0.25) is 0 Å². The van der Waals surface area contributed by atoms with E-state index in [9.17, 15) is 4.79 Å². The maximum atomic E-state index is 12.4. The number of amides is 1. The topological polar surface area (TPSA) is 77.2 Å². The molecule has 0 fully saturated rings. The second kappa shape index (κ2) is 7.61. The van der Waals surface area contributed by atoms with Gasteiger partial charge in [-0.25, -0.2) is 0 Å². The van der Waals surface area contributed by atoms with E-state index in [1.54, 1.807) is 24.5 Å². The molecule has 25 heavy (non-hydrogen) atoms. The molecule has 3 rings (SSSR count). The SMILES string of the molecule is CCOc1ccc([C@@H](C)NC(=O)c2cc(-c3cccnc3)on2)cc1. The molecule has 1 amide bonds. The summed E-state index contributed by atoms with van der Waals surface area (Å²) in [4.78, 5) is 16.4. The first kappa shape index (κ1) is 16.7. The van der Waals surface area contributed by atoms with E-state index in [1.165, 1.54) is 0 Å². The molecular formula is C19H19N3O3. The predicted molar refractivity (Wildman–Crippen MR) is 93.2 cm³/mol. The van der Waals surface area contributed by atoms with Gasteiger partial charge in [-0.1, -0.05) is 17.3 Å². The van der Waals surface area contributed by atoms with Crippen LogP contribution in [-0.2, 0) is 0 Å². The average molecular weight is 337 g/mol. The second-order valence-corrected chi connectivity index (χ2v) is 5.52. The number of benzene rings is 1. The first-order valence-electron chi connectivity index (χ1n) is 8.08. The Labute approximate surface area is 145 Å². The highest BCUT2D eigenvalue weighted by molar-refractivity contribution is 5.93. The van der Waals surface area contributed by atoms with Crippen molar-refractivity contribution < 1.29 is 14.1 Å². The van der Waals surface area contributed by atoms with Gasteiger partial charge in [0.2, 0.25) is 0 Å². The Hall–Kier alpha value is -3.15. The minimum Gasteiger partial charge on any atom is -0.494 e. The van der Waals surface area contributed by atoms with Crippen LogP contribution in [0, 0.1) is 0 Å². The van der Waals surface area contributed by atoms with Gasteiger partial charge in [0.05, 0.1) is 12.6 Å². The van der Waals surface area contributed by atoms with Gasteiger partial charge >= 0.3 is 0 Å². The Morgan fingerprint density at radius 2 is 2.08 bits per heavy atom. The Balaban J connectivity index is 1.66. The molecule has 1 aromatic carbocycles. The van der Waals surface area contributed by atoms with Gasteiger partial charge in [0.1, 0.15) is 5.75 Å². The van der Waals surface area contributed by atoms with E-state index < -0.39 is 0 Å². The summed E-state index contributed by atoms with van der Waals surface area (Å²) >= 11 is 0. The third kappa shape index (κ3) is 4.03. The van der Waals surface area contributed by atoms with Gasteiger partial charge in [0, 0.05) is 24.0 Å². The fourth-order valence-corrected chi connectivity index (χ4v) is 2.40. The van der Waals surface area contributed by atoms with E-state index in [-0.39, 0.29) is 17.6 Å². The van der Waals surface area contributed by atoms with Crippen molar-refractivity contribution in [2.75, 3.05) is 6.61 Å². The summed E-state index contributed by atoms with van der Waals surface area (Å²) in [6.45, 7) is 4.47. The molecule has 1 atom stereocenters. The number of aromatic nitrogens is 2. The largest absolute Gasteiger partial charge is 0.494 e. The van der Waals surface area contributed by atoms with Crippen LogP contribution in [-0.4, -0.2) is 22.7 Å². The standard InChI is InChI=1S/C19H19N3O3/c1-3-24-16-8-6-14(7-9-16)13(2)21-19(23)17-11-18(25-22-17)15-5-4-10-20-12-15/h4-13H,3H2,1-2H3,(H,21,23)/t13-/m1/s1. The zero-order valence-electron chi connectivity index (χ0n) is 14.1. The Morgan fingerprint density at radius 1 is 1.28 bits per heavy atom. The number of nitrogens with zero attached hydrogens (tertiary/aromatic N) is 2. The van der Waals surface area contributed by atoms with Crippen molar-refractivity contribution >= 4 is 5.91 Å². The molecule has 2 heterocycles. The van der Waals surface area contributed by atoms with Crippen LogP contribution >= 0.6 is 0 Å². The molecule has 0 saturated heterocycles. The fraction of sp³-hybridized carbons (Fsp3) is 0.211. The van der Waals surface area contributed by atoms with E-state index in [0.717, 1.165) is 16.9 Å². The fourth-order valence-electron chi connectivity index (χ4n) is 2.40. The summed E-state index contributed by atoms with van der Waals surface area (Å²) in [7, 11) is 0. The van der Waals surface area contributed by atoms with Crippen LogP contribution in [0.25, 0.3) is 11.3 Å². The maximum absolute atomic E-state index is 12.4. The second-order valence-electron chi connectivity index (χ2n) is 5.52. The molecule has 0 aliphatic heterocycles. The summed E-state index contributed by atoms with van der Waals surface area (Å²) < 4.78 is 10.7. The van der Waals surface area contributed by atoms with Crippen LogP contribution in [0.15, 0.2) is 59.4 Å². The number of nitrogens with one attached hydrogen (secondary N) is 1. The van der Waals surface area contributed by atoms with Crippen molar-refractivity contribution in [3.63, 3.8) is 0 Å². The molecule has 128 valence electrons. The maximum Gasteiger partial charge on any atom is 0.273 e. The summed E-state index contributed by atoms with van der Waals surface area (Å²) in [5.41, 5.74) is 1.98. The highest BCUT2D eigenvalue weighted by Crippen LogP contribution is 2.20. The normalized spacial score (nSPS) is 11.8. The minimum atomic E-state index is -0.291. The summed E-state index contributed by atoms with van der Waals surface area (Å²) in [5.74, 6) is 1.02. The predicted octanol–water partition coefficient (Wildman–Crippen LogP) is 3.63. The quantitative estimate of drug-likeness (QED) is 0.743. The van der Waals surface area contributed by atoms with Crippen molar-refractivity contribution in [3.05, 3.63) is 66.1 Å². The molecule has 1 N–H and O–H groups in total. The molecule has 0 aliphatic carbocycles. The van der Waals surface area contributed by atoms with E-state index >= 15 is 0 Å². The first-order chi connectivity index (χ1) is 12.2. The molecule has 0 bridgehead atoms. The van der Waals surface area contributed by atoms with E-state index in [4.69, 9.17) is 9.26 Å². The zero-order valence-corrected chi connectivity index (χ0v) is 14.1. The number of hydrogen-bond acceptors (Lipinski definition) is 5. The molecule has 0 aliphatic rings. The number of rotatable bonds is 6. The molecule has 0 saturated carbocycles. The number of carbonyl (C=O) groups is 1. The van der Waals surface area contributed by atoms with Crippen molar-refractivity contribution in [2.45, 2.75) is 19.9 Å². The van der Waals surface area contributed by atoms with Crippen molar-refractivity contribution in [2.24, 2.45) is 0 Å². The number of ether oxygens (including phenoxy) is 1. The highest BCUT2D eigenvalue weighted by Gasteiger charge is 2.16. The highest BCUT2D eigenvalue weighted by atomic mass is 16.5. The van der Waals surface area contributed by atoms with E-state index in [0.29, 0.717) is 12.4 Å². The third-order valence-corrected chi connectivity index (χ3v) is 3.73. The van der Waals surface area contributed by atoms with Crippen molar-refractivity contribution in [3.8, 4) is 17.1 Å². The van der Waals surface area contributed by atoms with Gasteiger partial charge in [-0.2, -0.15) is 0 Å². The average Bonchev–Trinajstić information content (AvgIpc) is 3.13. The van der Waals surface area contributed by atoms with Gasteiger partial charge in [-0.05, 0) is 43.7 Å². The lowest BCUT2D eigenvalue weighted by Gasteiger charge is -2.14. The molecule has 3 aromatic rings. The molecule has 0 spiro atoms. The number of pyridine rings is 1. The lowest BCUT2D eigenvalue weighted by atomic mass is 10.1. The number of carbonyl (C=O) groups excluding carboxylic acids is 1. The summed E-state index contributed by atoms with van der Waals surface area (Å²) in [6.07, 6.45) is 3.33. The summed E-state index contributed by atoms with van der Waals surface area (Å²) in [6, 6.07) is 12.7. The minimum absolute atomic E-state index is 0.165. The smallest absolute Gasteiger partial charge is 0.273 e. The molecule has 0 unspecified atom stereocenters. The van der Waals surface area contributed by atoms with Gasteiger partial charge in [0.25, 0.3) is 5.91 Å². The zero-order chi connectivity index (χ0) is 17.6. The molecular weight excluding hydrogens is 318 g/mol. The van der Waals surface area contributed by atoms with Gasteiger partial charge in [-0.3, -0.25) is 9.78 Å². The van der Waals surface area contributed by atoms with Crippen molar-refractivity contribution in [1.82, 2.24) is 15.5 Å². The molecule has 6 nitrogen and oxygen atoms in total. The van der Waals surface area contributed by atoms with Crippen LogP contribution in [0.1, 0.15) is 35.9 Å². The Kier molecular flexibility index (Phi) is 5.09. The lowest BCUT2D eigenvalue weighted by Crippen LogP contribution is -2.26. The monoisotopic (exact) mass is 337 g/mol. The van der Waals surface area contributed by atoms with E-state index in [1.807, 2.05) is 44.2 Å². The van der Waals surface area contributed by atoms with Crippen LogP contribution in [0.5, 0.6) is 5.75 Å². The molecule has 6 heteroatoms. The number of hydrogen-bond donors (Lipinski definition) is 1. The van der Waals surface area contributed by atoms with Crippen LogP contribution in [0.4, 0.5) is 0 Å². The Morgan fingerprint density at radius 3 is 2.76 bits per heavy atom. The van der Waals surface area contributed by atoms with Crippen LogP contribution in [0.3, 0.4) is 0 Å². The third-order valence-electron chi connectivity index (χ3n) is 3.73. The summed E-state index contributed by atoms with van der Waals surface area (Å²) in [5, 5.41) is 6.75. The first-order valence-corrected chi connectivity index (χ1v) is 8.08. The van der Waals surface area contributed by atoms with Gasteiger partial charge in [0.15, 0.2) is 11.5 Å². The van der Waals surface area contributed by atoms with Crippen molar-refractivity contribution in [1.29, 1.82) is 0 Å². The molecule has 2 aromatic heterocycles. The van der Waals surface area contributed by atoms with Gasteiger partial charge < -0.3 is 14.6 Å². The molecule has 0 radical (unpaired) electrons. The Bertz CT molecular complexity index is 829.